The third-order valence-electron chi connectivity index (χ3n) is 5.54. The Morgan fingerprint density at radius 2 is 0.727 bits per heavy atom. The summed E-state index contributed by atoms with van der Waals surface area (Å²) in [6.07, 6.45) is 8.23. The van der Waals surface area contributed by atoms with Crippen molar-refractivity contribution in [2.45, 2.75) is 116 Å². The molecule has 2 heterocycles. The Morgan fingerprint density at radius 3 is 0.955 bits per heavy atom. The molecular weight excluding hydrogens is 402 g/mol. The number of hydrogen-bond donors (Lipinski definition) is 0. The van der Waals surface area contributed by atoms with Gasteiger partial charge in [0.05, 0.1) is 0 Å². The quantitative estimate of drug-likeness (QED) is 0.609. The molecule has 0 spiro atoms. The van der Waals surface area contributed by atoms with Crippen LogP contribution >= 0.6 is 0 Å². The second kappa shape index (κ2) is 6.36. The fourth-order valence-corrected chi connectivity index (χ4v) is 17.4. The Morgan fingerprint density at radius 1 is 0.500 bits per heavy atom. The second-order valence-corrected chi connectivity index (χ2v) is 15.1. The Labute approximate surface area is 150 Å². The summed E-state index contributed by atoms with van der Waals surface area (Å²) in [5.41, 5.74) is 1.53. The maximum absolute atomic E-state index is 2.89. The predicted octanol–water partition coefficient (Wildman–Crippen LogP) is 4.23. The molecule has 0 amide bonds. The van der Waals surface area contributed by atoms with Crippen molar-refractivity contribution >= 4 is 26.7 Å². The molecule has 0 aromatic rings. The molecule has 0 N–H and O–H groups in total. The Balaban J connectivity index is 2.12. The van der Waals surface area contributed by atoms with E-state index >= 15 is 0 Å². The molecule has 2 nitrogen and oxygen atoms in total. The molecule has 2 saturated heterocycles. The molecule has 22 heavy (non-hydrogen) atoms. The van der Waals surface area contributed by atoms with E-state index in [4.69, 9.17) is 0 Å². The van der Waals surface area contributed by atoms with E-state index in [0.29, 0.717) is 48.9 Å². The zero-order chi connectivity index (χ0) is 16.8. The zero-order valence-corrected chi connectivity index (χ0v) is 19.4. The van der Waals surface area contributed by atoms with E-state index in [1.165, 1.54) is 38.5 Å². The summed E-state index contributed by atoms with van der Waals surface area (Å²) in [6.45, 7) is 19.8. The Bertz CT molecular complexity index is 332. The van der Waals surface area contributed by atoms with E-state index in [1.807, 2.05) is 0 Å². The van der Waals surface area contributed by atoms with Crippen molar-refractivity contribution in [1.29, 1.82) is 0 Å². The van der Waals surface area contributed by atoms with Gasteiger partial charge in [0.25, 0.3) is 0 Å². The van der Waals surface area contributed by atoms with Gasteiger partial charge in [-0.3, -0.25) is 0 Å². The molecule has 130 valence electrons. The van der Waals surface area contributed by atoms with Crippen molar-refractivity contribution in [1.82, 2.24) is 7.83 Å². The van der Waals surface area contributed by atoms with Gasteiger partial charge in [0, 0.05) is 0 Å². The monoisotopic (exact) mass is 440 g/mol. The van der Waals surface area contributed by atoms with Crippen LogP contribution in [0.5, 0.6) is 0 Å². The molecule has 0 atom stereocenters. The van der Waals surface area contributed by atoms with Gasteiger partial charge in [-0.15, -0.1) is 0 Å². The molecule has 0 aromatic heterocycles. The molecule has 0 saturated carbocycles. The molecule has 0 unspecified atom stereocenters. The normalized spacial score (nSPS) is 31.1. The van der Waals surface area contributed by atoms with Crippen LogP contribution in [0.3, 0.4) is 0 Å². The Hall–Kier alpha value is 0.959. The SMILES string of the molecule is CC1(C)CCCC(C)(C)N1[Se][Se]N1C(C)(C)CCCC1(C)C. The van der Waals surface area contributed by atoms with Gasteiger partial charge in [-0.2, -0.15) is 0 Å². The summed E-state index contributed by atoms with van der Waals surface area (Å²) in [6, 6.07) is 0. The van der Waals surface area contributed by atoms with Gasteiger partial charge in [0.2, 0.25) is 0 Å². The first-order chi connectivity index (χ1) is 9.89. The van der Waals surface area contributed by atoms with Crippen molar-refractivity contribution in [3.63, 3.8) is 0 Å². The molecule has 2 fully saturated rings. The standard InChI is InChI=1S/C18H36N2Se2/c1-15(2)11-9-12-16(3,4)19(15)21-22-20-17(5,6)13-10-14-18(20,7)8/h9-14H2,1-8H3. The summed E-state index contributed by atoms with van der Waals surface area (Å²) in [7, 11) is 0. The van der Waals surface area contributed by atoms with Crippen LogP contribution < -0.4 is 0 Å². The topological polar surface area (TPSA) is 6.48 Å². The van der Waals surface area contributed by atoms with E-state index < -0.39 is 0 Å². The molecule has 0 aliphatic carbocycles. The van der Waals surface area contributed by atoms with E-state index in [0.717, 1.165) is 0 Å². The molecule has 4 heteroatoms. The van der Waals surface area contributed by atoms with Crippen LogP contribution in [-0.4, -0.2) is 56.7 Å². The van der Waals surface area contributed by atoms with Crippen LogP contribution in [0.15, 0.2) is 0 Å². The first-order valence-electron chi connectivity index (χ1n) is 8.84. The number of hydrogen-bond acceptors (Lipinski definition) is 2. The third kappa shape index (κ3) is 3.95. The molecule has 0 bridgehead atoms. The minimum absolute atomic E-state index is 0.383. The van der Waals surface area contributed by atoms with E-state index in [-0.39, 0.29) is 0 Å². The van der Waals surface area contributed by atoms with Gasteiger partial charge in [0.15, 0.2) is 0 Å². The van der Waals surface area contributed by atoms with Gasteiger partial charge in [-0.05, 0) is 0 Å². The molecular formula is C18H36N2Se2. The molecule has 2 aliphatic rings. The van der Waals surface area contributed by atoms with Gasteiger partial charge < -0.3 is 0 Å². The fourth-order valence-electron chi connectivity index (χ4n) is 4.42. The van der Waals surface area contributed by atoms with Crippen molar-refractivity contribution in [3.05, 3.63) is 0 Å². The maximum atomic E-state index is 2.89. The summed E-state index contributed by atoms with van der Waals surface area (Å²) < 4.78 is 5.77. The van der Waals surface area contributed by atoms with Crippen molar-refractivity contribution in [2.24, 2.45) is 0 Å². The average molecular weight is 438 g/mol. The average Bonchev–Trinajstić information content (AvgIpc) is 2.29. The molecule has 0 aromatic carbocycles. The van der Waals surface area contributed by atoms with Gasteiger partial charge in [0.1, 0.15) is 0 Å². The van der Waals surface area contributed by atoms with Crippen LogP contribution in [0.4, 0.5) is 0 Å². The summed E-state index contributed by atoms with van der Waals surface area (Å²) in [5, 5.41) is 0. The number of nitrogens with zero attached hydrogens (tertiary/aromatic N) is 2. The van der Waals surface area contributed by atoms with Crippen LogP contribution in [-0.2, 0) is 0 Å². The zero-order valence-electron chi connectivity index (χ0n) is 16.0. The molecule has 0 radical (unpaired) electrons. The number of piperidine rings is 2. The van der Waals surface area contributed by atoms with Crippen LogP contribution in [0.2, 0.25) is 0 Å². The van der Waals surface area contributed by atoms with Crippen molar-refractivity contribution in [2.75, 3.05) is 0 Å². The van der Waals surface area contributed by atoms with E-state index in [9.17, 15) is 0 Å². The van der Waals surface area contributed by atoms with Crippen molar-refractivity contribution < 1.29 is 0 Å². The van der Waals surface area contributed by atoms with Crippen LogP contribution in [0.25, 0.3) is 0 Å². The third-order valence-corrected chi connectivity index (χ3v) is 14.4. The van der Waals surface area contributed by atoms with Gasteiger partial charge in [-0.1, -0.05) is 0 Å². The van der Waals surface area contributed by atoms with Crippen molar-refractivity contribution in [3.8, 4) is 0 Å². The second-order valence-electron chi connectivity index (χ2n) is 9.69. The fraction of sp³-hybridized carbons (Fsp3) is 1.00. The van der Waals surface area contributed by atoms with Crippen LogP contribution in [0.1, 0.15) is 93.9 Å². The Kier molecular flexibility index (Phi) is 5.57. The minimum atomic E-state index is 0.383. The van der Waals surface area contributed by atoms with Gasteiger partial charge in [-0.25, -0.2) is 0 Å². The summed E-state index contributed by atoms with van der Waals surface area (Å²) >= 11 is 1.21. The summed E-state index contributed by atoms with van der Waals surface area (Å²) in [5.74, 6) is 0. The summed E-state index contributed by atoms with van der Waals surface area (Å²) in [4.78, 5) is 0. The molecule has 2 aliphatic heterocycles. The predicted molar refractivity (Wildman–Crippen MR) is 99.2 cm³/mol. The first kappa shape index (κ1) is 19.3. The first-order valence-corrected chi connectivity index (χ1v) is 14.7. The van der Waals surface area contributed by atoms with E-state index in [1.54, 1.807) is 0 Å². The van der Waals surface area contributed by atoms with E-state index in [2.05, 4.69) is 63.2 Å². The van der Waals surface area contributed by atoms with Gasteiger partial charge >= 0.3 is 151 Å². The van der Waals surface area contributed by atoms with Crippen LogP contribution in [0, 0.1) is 0 Å². The molecule has 2 rings (SSSR count). The number of rotatable bonds is 3.